The van der Waals surface area contributed by atoms with E-state index in [-0.39, 0.29) is 27.8 Å². The van der Waals surface area contributed by atoms with Gasteiger partial charge in [0.1, 0.15) is 5.02 Å². The Balaban J connectivity index is 2.31. The van der Waals surface area contributed by atoms with Gasteiger partial charge in [0, 0.05) is 16.1 Å². The third-order valence-electron chi connectivity index (χ3n) is 3.14. The molecule has 0 aliphatic rings. The molecule has 0 unspecified atom stereocenters. The van der Waals surface area contributed by atoms with Crippen LogP contribution in [-0.4, -0.2) is 22.9 Å². The third-order valence-corrected chi connectivity index (χ3v) is 4.15. The summed E-state index contributed by atoms with van der Waals surface area (Å²) in [4.78, 5) is 22.4. The number of carbonyl (C=O) groups excluding carboxylic acids is 1. The number of rotatable bonds is 5. The summed E-state index contributed by atoms with van der Waals surface area (Å²) in [6.07, 6.45) is 2.78. The van der Waals surface area contributed by atoms with Crippen molar-refractivity contribution < 1.29 is 19.6 Å². The number of ether oxygens (including phenoxy) is 1. The average molecular weight is 413 g/mol. The highest BCUT2D eigenvalue weighted by Gasteiger charge is 2.15. The van der Waals surface area contributed by atoms with Crippen molar-refractivity contribution in [2.75, 3.05) is 7.11 Å². The summed E-state index contributed by atoms with van der Waals surface area (Å²) in [5.74, 6) is -0.206. The zero-order chi connectivity index (χ0) is 17.9. The highest BCUT2D eigenvalue weighted by Crippen LogP contribution is 2.33. The number of methoxy groups -OCH3 is 1. The molecular formula is C16H11BrClNO5. The number of benzene rings is 2. The second kappa shape index (κ2) is 7.46. The van der Waals surface area contributed by atoms with Crippen molar-refractivity contribution in [1.29, 1.82) is 0 Å². The maximum absolute atomic E-state index is 12.2. The zero-order valence-electron chi connectivity index (χ0n) is 12.3. The van der Waals surface area contributed by atoms with E-state index in [0.717, 1.165) is 6.07 Å². The number of ketones is 1. The van der Waals surface area contributed by atoms with Gasteiger partial charge in [0.25, 0.3) is 5.69 Å². The van der Waals surface area contributed by atoms with Crippen LogP contribution >= 0.6 is 27.5 Å². The molecule has 0 atom stereocenters. The predicted molar refractivity (Wildman–Crippen MR) is 93.8 cm³/mol. The van der Waals surface area contributed by atoms with E-state index < -0.39 is 10.7 Å². The Hall–Kier alpha value is -2.38. The molecule has 0 spiro atoms. The first-order chi connectivity index (χ1) is 11.3. The molecule has 24 heavy (non-hydrogen) atoms. The Labute approximate surface area is 150 Å². The molecule has 0 aliphatic carbocycles. The van der Waals surface area contributed by atoms with Crippen molar-refractivity contribution in [3.05, 3.63) is 67.1 Å². The van der Waals surface area contributed by atoms with Crippen LogP contribution in [0, 0.1) is 10.1 Å². The lowest BCUT2D eigenvalue weighted by Crippen LogP contribution is -1.97. The topological polar surface area (TPSA) is 89.7 Å². The minimum absolute atomic E-state index is 0.0356. The smallest absolute Gasteiger partial charge is 0.288 e. The highest BCUT2D eigenvalue weighted by molar-refractivity contribution is 9.10. The number of phenolic OH excluding ortho intramolecular Hbond substituents is 1. The molecule has 0 aromatic heterocycles. The quantitative estimate of drug-likeness (QED) is 0.335. The van der Waals surface area contributed by atoms with Crippen LogP contribution in [0.15, 0.2) is 40.9 Å². The van der Waals surface area contributed by atoms with Crippen LogP contribution in [0.5, 0.6) is 11.5 Å². The van der Waals surface area contributed by atoms with Crippen LogP contribution in [-0.2, 0) is 0 Å². The molecule has 0 fully saturated rings. The second-order valence-electron chi connectivity index (χ2n) is 4.67. The fraction of sp³-hybridized carbons (Fsp3) is 0.0625. The van der Waals surface area contributed by atoms with E-state index in [1.165, 1.54) is 37.5 Å². The van der Waals surface area contributed by atoms with Crippen LogP contribution in [0.25, 0.3) is 6.08 Å². The molecule has 0 aliphatic heterocycles. The van der Waals surface area contributed by atoms with Gasteiger partial charge in [0.2, 0.25) is 0 Å². The van der Waals surface area contributed by atoms with Crippen LogP contribution < -0.4 is 4.74 Å². The van der Waals surface area contributed by atoms with Gasteiger partial charge >= 0.3 is 0 Å². The van der Waals surface area contributed by atoms with Crippen LogP contribution in [0.2, 0.25) is 5.02 Å². The van der Waals surface area contributed by atoms with Gasteiger partial charge in [0.15, 0.2) is 17.3 Å². The highest BCUT2D eigenvalue weighted by atomic mass is 79.9. The van der Waals surface area contributed by atoms with E-state index >= 15 is 0 Å². The van der Waals surface area contributed by atoms with Gasteiger partial charge in [0.05, 0.1) is 12.0 Å². The monoisotopic (exact) mass is 411 g/mol. The Kier molecular flexibility index (Phi) is 5.58. The molecule has 0 heterocycles. The van der Waals surface area contributed by atoms with Crippen molar-refractivity contribution in [2.24, 2.45) is 0 Å². The van der Waals surface area contributed by atoms with Crippen molar-refractivity contribution in [2.45, 2.75) is 0 Å². The van der Waals surface area contributed by atoms with Crippen LogP contribution in [0.1, 0.15) is 15.9 Å². The number of halogens is 2. The maximum Gasteiger partial charge on any atom is 0.288 e. The summed E-state index contributed by atoms with van der Waals surface area (Å²) in [5.41, 5.74) is 0.411. The molecular weight excluding hydrogens is 402 g/mol. The Morgan fingerprint density at radius 1 is 1.38 bits per heavy atom. The number of nitro benzene ring substituents is 1. The van der Waals surface area contributed by atoms with E-state index in [4.69, 9.17) is 16.3 Å². The lowest BCUT2D eigenvalue weighted by Gasteiger charge is -2.06. The summed E-state index contributed by atoms with van der Waals surface area (Å²) in [7, 11) is 1.41. The molecule has 0 amide bonds. The van der Waals surface area contributed by atoms with E-state index in [0.29, 0.717) is 10.0 Å². The summed E-state index contributed by atoms with van der Waals surface area (Å²) >= 11 is 9.00. The van der Waals surface area contributed by atoms with E-state index in [9.17, 15) is 20.0 Å². The van der Waals surface area contributed by atoms with Crippen LogP contribution in [0.4, 0.5) is 5.69 Å². The van der Waals surface area contributed by atoms with E-state index in [2.05, 4.69) is 15.9 Å². The predicted octanol–water partition coefficient (Wildman–Crippen LogP) is 4.62. The first-order valence-corrected chi connectivity index (χ1v) is 7.73. The molecule has 2 aromatic carbocycles. The largest absolute Gasteiger partial charge is 0.504 e. The molecule has 8 heteroatoms. The van der Waals surface area contributed by atoms with Gasteiger partial charge in [-0.05, 0) is 42.0 Å². The third kappa shape index (κ3) is 3.93. The number of nitrogens with zero attached hydrogens (tertiary/aromatic N) is 1. The van der Waals surface area contributed by atoms with E-state index in [1.54, 1.807) is 6.07 Å². The molecule has 1 N–H and O–H groups in total. The van der Waals surface area contributed by atoms with Crippen molar-refractivity contribution in [1.82, 2.24) is 0 Å². The number of hydrogen-bond acceptors (Lipinski definition) is 5. The lowest BCUT2D eigenvalue weighted by molar-refractivity contribution is -0.384. The molecule has 6 nitrogen and oxygen atoms in total. The SMILES string of the molecule is COc1cc(/C=C/C(=O)c2ccc(Cl)c([N+](=O)[O-])c2)c(Br)cc1O. The number of aromatic hydroxyl groups is 1. The van der Waals surface area contributed by atoms with Crippen molar-refractivity contribution in [3.8, 4) is 11.5 Å². The molecule has 0 saturated heterocycles. The normalized spacial score (nSPS) is 10.8. The second-order valence-corrected chi connectivity index (χ2v) is 5.93. The first kappa shape index (κ1) is 18.0. The van der Waals surface area contributed by atoms with Gasteiger partial charge in [-0.3, -0.25) is 14.9 Å². The number of allylic oxidation sites excluding steroid dienone is 1. The maximum atomic E-state index is 12.2. The fourth-order valence-electron chi connectivity index (χ4n) is 1.92. The summed E-state index contributed by atoms with van der Waals surface area (Å²) in [6.45, 7) is 0. The number of carbonyl (C=O) groups is 1. The number of phenols is 1. The molecule has 124 valence electrons. The lowest BCUT2D eigenvalue weighted by atomic mass is 10.1. The summed E-state index contributed by atoms with van der Waals surface area (Å²) in [6, 6.07) is 6.83. The van der Waals surface area contributed by atoms with E-state index in [1.807, 2.05) is 0 Å². The summed E-state index contributed by atoms with van der Waals surface area (Å²) in [5, 5.41) is 20.5. The average Bonchev–Trinajstić information content (AvgIpc) is 2.54. The minimum atomic E-state index is -0.649. The van der Waals surface area contributed by atoms with Gasteiger partial charge in [-0.1, -0.05) is 27.5 Å². The van der Waals surface area contributed by atoms with Gasteiger partial charge in [-0.15, -0.1) is 0 Å². The number of hydrogen-bond donors (Lipinski definition) is 1. The zero-order valence-corrected chi connectivity index (χ0v) is 14.7. The molecule has 0 saturated carbocycles. The summed E-state index contributed by atoms with van der Waals surface area (Å²) < 4.78 is 5.57. The van der Waals surface area contributed by atoms with Gasteiger partial charge < -0.3 is 9.84 Å². The number of nitro groups is 1. The minimum Gasteiger partial charge on any atom is -0.504 e. The van der Waals surface area contributed by atoms with Crippen LogP contribution in [0.3, 0.4) is 0 Å². The Bertz CT molecular complexity index is 851. The standard InChI is InChI=1S/C16H11BrClNO5/c1-24-16-7-9(11(17)8-15(16)21)3-5-14(20)10-2-4-12(18)13(6-10)19(22)23/h2-8,21H,1H3/b5-3+. The molecule has 0 bridgehead atoms. The molecule has 2 aromatic rings. The molecule has 0 radical (unpaired) electrons. The van der Waals surface area contributed by atoms with Gasteiger partial charge in [-0.2, -0.15) is 0 Å². The van der Waals surface area contributed by atoms with Crippen molar-refractivity contribution in [3.63, 3.8) is 0 Å². The fourth-order valence-corrected chi connectivity index (χ4v) is 2.57. The van der Waals surface area contributed by atoms with Gasteiger partial charge in [-0.25, -0.2) is 0 Å². The molecule has 2 rings (SSSR count). The first-order valence-electron chi connectivity index (χ1n) is 6.56. The Morgan fingerprint density at radius 2 is 2.08 bits per heavy atom. The Morgan fingerprint density at radius 3 is 2.71 bits per heavy atom. The van der Waals surface area contributed by atoms with Crippen molar-refractivity contribution >= 4 is 45.1 Å².